The maximum absolute atomic E-state index is 5.65. The number of guanidine groups is 1. The monoisotopic (exact) mass is 438 g/mol. The van der Waals surface area contributed by atoms with Gasteiger partial charge in [-0.15, -0.1) is 24.0 Å². The molecule has 126 valence electrons. The lowest BCUT2D eigenvalue weighted by molar-refractivity contribution is 0.302. The Kier molecular flexibility index (Phi) is 13.5. The van der Waals surface area contributed by atoms with Gasteiger partial charge in [0.05, 0.1) is 13.2 Å². The minimum Gasteiger partial charge on any atom is -0.477 e. The first-order valence-electron chi connectivity index (χ1n) is 7.39. The Morgan fingerprint density at radius 3 is 2.86 bits per heavy atom. The maximum atomic E-state index is 5.65. The highest BCUT2D eigenvalue weighted by molar-refractivity contribution is 14.0. The van der Waals surface area contributed by atoms with E-state index in [4.69, 9.17) is 4.74 Å². The van der Waals surface area contributed by atoms with Crippen LogP contribution in [0, 0.1) is 0 Å². The van der Waals surface area contributed by atoms with Crippen LogP contribution < -0.4 is 15.4 Å². The Morgan fingerprint density at radius 2 is 2.18 bits per heavy atom. The quantitative estimate of drug-likeness (QED) is 0.269. The molecule has 0 bridgehead atoms. The van der Waals surface area contributed by atoms with E-state index in [2.05, 4.69) is 40.7 Å². The highest BCUT2D eigenvalue weighted by atomic mass is 127. The zero-order valence-electron chi connectivity index (χ0n) is 13.6. The molecular formula is C15H27IN4OS. The molecule has 0 saturated carbocycles. The zero-order chi connectivity index (χ0) is 15.3. The molecule has 0 atom stereocenters. The molecule has 0 radical (unpaired) electrons. The summed E-state index contributed by atoms with van der Waals surface area (Å²) in [7, 11) is 0. The fourth-order valence-corrected chi connectivity index (χ4v) is 1.96. The molecule has 2 N–H and O–H groups in total. The van der Waals surface area contributed by atoms with E-state index in [1.54, 1.807) is 6.20 Å². The molecule has 1 aromatic heterocycles. The summed E-state index contributed by atoms with van der Waals surface area (Å²) in [5.41, 5.74) is 1.01. The van der Waals surface area contributed by atoms with Crippen LogP contribution in [-0.4, -0.2) is 42.6 Å². The van der Waals surface area contributed by atoms with Crippen molar-refractivity contribution < 1.29 is 4.74 Å². The Morgan fingerprint density at radius 1 is 1.36 bits per heavy atom. The SMILES string of the molecule is CCCOc1ncccc1CN=C(NCC)NCCSC.I. The van der Waals surface area contributed by atoms with Crippen molar-refractivity contribution in [2.75, 3.05) is 31.7 Å². The van der Waals surface area contributed by atoms with Gasteiger partial charge in [-0.25, -0.2) is 9.98 Å². The Balaban J connectivity index is 0.00000441. The fourth-order valence-electron chi connectivity index (χ4n) is 1.65. The van der Waals surface area contributed by atoms with Crippen molar-refractivity contribution in [1.82, 2.24) is 15.6 Å². The van der Waals surface area contributed by atoms with E-state index in [0.29, 0.717) is 19.0 Å². The third-order valence-corrected chi connectivity index (χ3v) is 3.26. The number of aliphatic imine (C=N–C) groups is 1. The minimum atomic E-state index is 0. The smallest absolute Gasteiger partial charge is 0.218 e. The van der Waals surface area contributed by atoms with Gasteiger partial charge in [-0.1, -0.05) is 13.0 Å². The topological polar surface area (TPSA) is 58.5 Å². The summed E-state index contributed by atoms with van der Waals surface area (Å²) < 4.78 is 5.65. The predicted octanol–water partition coefficient (Wildman–Crippen LogP) is 2.91. The number of nitrogens with zero attached hydrogens (tertiary/aromatic N) is 2. The lowest BCUT2D eigenvalue weighted by Crippen LogP contribution is -2.38. The zero-order valence-corrected chi connectivity index (χ0v) is 16.7. The Bertz CT molecular complexity index is 432. The number of pyridine rings is 1. The molecule has 0 aliphatic rings. The molecule has 5 nitrogen and oxygen atoms in total. The standard InChI is InChI=1S/C15H26N4OS.HI/c1-4-10-20-14-13(7-6-8-17-14)12-19-15(16-5-2)18-9-11-21-3;/h6-8H,4-5,9-12H2,1-3H3,(H2,16,18,19);1H. The molecule has 1 rings (SSSR count). The van der Waals surface area contributed by atoms with Crippen molar-refractivity contribution in [1.29, 1.82) is 0 Å². The van der Waals surface area contributed by atoms with Gasteiger partial charge in [0.2, 0.25) is 5.88 Å². The fraction of sp³-hybridized carbons (Fsp3) is 0.600. The molecule has 0 amide bonds. The summed E-state index contributed by atoms with van der Waals surface area (Å²) in [4.78, 5) is 8.87. The largest absolute Gasteiger partial charge is 0.477 e. The van der Waals surface area contributed by atoms with Crippen LogP contribution in [0.25, 0.3) is 0 Å². The molecule has 1 heterocycles. The van der Waals surface area contributed by atoms with E-state index in [-0.39, 0.29) is 24.0 Å². The van der Waals surface area contributed by atoms with Gasteiger partial charge in [-0.2, -0.15) is 11.8 Å². The third-order valence-electron chi connectivity index (χ3n) is 2.64. The predicted molar refractivity (Wildman–Crippen MR) is 107 cm³/mol. The Labute approximate surface area is 155 Å². The molecular weight excluding hydrogens is 411 g/mol. The van der Waals surface area contributed by atoms with E-state index in [1.165, 1.54) is 0 Å². The van der Waals surface area contributed by atoms with Crippen LogP contribution in [0.4, 0.5) is 0 Å². The van der Waals surface area contributed by atoms with Gasteiger partial charge in [0, 0.05) is 30.6 Å². The summed E-state index contributed by atoms with van der Waals surface area (Å²) in [6.07, 6.45) is 4.82. The lowest BCUT2D eigenvalue weighted by atomic mass is 10.3. The molecule has 0 spiro atoms. The van der Waals surface area contributed by atoms with Crippen LogP contribution in [0.1, 0.15) is 25.8 Å². The number of thioether (sulfide) groups is 1. The molecule has 0 saturated heterocycles. The second-order valence-electron chi connectivity index (χ2n) is 4.43. The van der Waals surface area contributed by atoms with Crippen LogP contribution >= 0.6 is 35.7 Å². The molecule has 0 fully saturated rings. The second kappa shape index (κ2) is 13.9. The molecule has 1 aromatic rings. The van der Waals surface area contributed by atoms with Crippen molar-refractivity contribution >= 4 is 41.7 Å². The van der Waals surface area contributed by atoms with Gasteiger partial charge in [-0.05, 0) is 25.7 Å². The van der Waals surface area contributed by atoms with Crippen molar-refractivity contribution in [3.05, 3.63) is 23.9 Å². The van der Waals surface area contributed by atoms with Crippen LogP contribution in [0.2, 0.25) is 0 Å². The maximum Gasteiger partial charge on any atom is 0.218 e. The average Bonchev–Trinajstić information content (AvgIpc) is 2.51. The van der Waals surface area contributed by atoms with E-state index >= 15 is 0 Å². The summed E-state index contributed by atoms with van der Waals surface area (Å²) >= 11 is 1.81. The number of hydrogen-bond donors (Lipinski definition) is 2. The highest BCUT2D eigenvalue weighted by Gasteiger charge is 2.04. The highest BCUT2D eigenvalue weighted by Crippen LogP contribution is 2.15. The van der Waals surface area contributed by atoms with Crippen LogP contribution in [0.15, 0.2) is 23.3 Å². The van der Waals surface area contributed by atoms with Gasteiger partial charge < -0.3 is 15.4 Å². The molecule has 0 aromatic carbocycles. The molecule has 7 heteroatoms. The van der Waals surface area contributed by atoms with E-state index in [1.807, 2.05) is 23.9 Å². The molecule has 0 unspecified atom stereocenters. The first kappa shape index (κ1) is 21.3. The number of halogens is 1. The summed E-state index contributed by atoms with van der Waals surface area (Å²) in [5.74, 6) is 2.57. The van der Waals surface area contributed by atoms with Crippen molar-refractivity contribution in [3.8, 4) is 5.88 Å². The molecule has 22 heavy (non-hydrogen) atoms. The van der Waals surface area contributed by atoms with Gasteiger partial charge >= 0.3 is 0 Å². The van der Waals surface area contributed by atoms with Gasteiger partial charge in [0.25, 0.3) is 0 Å². The Hall–Kier alpha value is -0.700. The van der Waals surface area contributed by atoms with Crippen LogP contribution in [0.3, 0.4) is 0 Å². The third kappa shape index (κ3) is 8.67. The minimum absolute atomic E-state index is 0. The van der Waals surface area contributed by atoms with E-state index in [0.717, 1.165) is 36.8 Å². The summed E-state index contributed by atoms with van der Waals surface area (Å²) in [5, 5.41) is 6.55. The number of aromatic nitrogens is 1. The normalized spacial score (nSPS) is 10.8. The van der Waals surface area contributed by atoms with Crippen molar-refractivity contribution in [3.63, 3.8) is 0 Å². The van der Waals surface area contributed by atoms with Gasteiger partial charge in [0.1, 0.15) is 0 Å². The second-order valence-corrected chi connectivity index (χ2v) is 5.42. The van der Waals surface area contributed by atoms with Gasteiger partial charge in [0.15, 0.2) is 5.96 Å². The van der Waals surface area contributed by atoms with Gasteiger partial charge in [-0.3, -0.25) is 0 Å². The van der Waals surface area contributed by atoms with Crippen LogP contribution in [0.5, 0.6) is 5.88 Å². The number of nitrogens with one attached hydrogen (secondary N) is 2. The number of hydrogen-bond acceptors (Lipinski definition) is 4. The average molecular weight is 438 g/mol. The van der Waals surface area contributed by atoms with E-state index in [9.17, 15) is 0 Å². The van der Waals surface area contributed by atoms with Crippen LogP contribution in [-0.2, 0) is 6.54 Å². The first-order chi connectivity index (χ1) is 10.3. The number of rotatable bonds is 9. The molecule has 0 aliphatic carbocycles. The van der Waals surface area contributed by atoms with Crippen molar-refractivity contribution in [2.45, 2.75) is 26.8 Å². The lowest BCUT2D eigenvalue weighted by Gasteiger charge is -2.12. The summed E-state index contributed by atoms with van der Waals surface area (Å²) in [6.45, 7) is 7.13. The van der Waals surface area contributed by atoms with Crippen molar-refractivity contribution in [2.24, 2.45) is 4.99 Å². The first-order valence-corrected chi connectivity index (χ1v) is 8.79. The number of ether oxygens (including phenoxy) is 1. The van der Waals surface area contributed by atoms with E-state index < -0.39 is 0 Å². The summed E-state index contributed by atoms with van der Waals surface area (Å²) in [6, 6.07) is 3.92. The molecule has 0 aliphatic heterocycles.